The second-order valence-electron chi connectivity index (χ2n) is 6.50. The second kappa shape index (κ2) is 7.89. The molecule has 0 aliphatic rings. The van der Waals surface area contributed by atoms with Gasteiger partial charge in [0.2, 0.25) is 11.9 Å². The molecule has 4 aromatic rings. The molecule has 0 unspecified atom stereocenters. The average molecular weight is 385 g/mol. The van der Waals surface area contributed by atoms with E-state index in [2.05, 4.69) is 35.8 Å². The molecule has 0 atom stereocenters. The maximum atomic E-state index is 12.2. The summed E-state index contributed by atoms with van der Waals surface area (Å²) in [5.41, 5.74) is 3.87. The number of aromatic nitrogens is 5. The fraction of sp³-hybridized carbons (Fsp3) is 0.0952. The minimum atomic E-state index is -0.155. The number of aromatic amines is 1. The number of rotatable bonds is 5. The molecule has 0 aliphatic heterocycles. The van der Waals surface area contributed by atoms with Crippen molar-refractivity contribution in [2.75, 3.05) is 10.6 Å². The first-order valence-corrected chi connectivity index (χ1v) is 9.05. The van der Waals surface area contributed by atoms with Crippen molar-refractivity contribution in [2.24, 2.45) is 0 Å². The SMILES string of the molecule is Cc1cc(C)nc(Nc2n[nH]c(-c3ccc(NC(=O)c4ccccc4)cc3)n2)n1. The van der Waals surface area contributed by atoms with Crippen LogP contribution in [0, 0.1) is 13.8 Å². The number of carbonyl (C=O) groups excluding carboxylic acids is 1. The minimum Gasteiger partial charge on any atom is -0.322 e. The van der Waals surface area contributed by atoms with E-state index < -0.39 is 0 Å². The van der Waals surface area contributed by atoms with Crippen molar-refractivity contribution >= 4 is 23.5 Å². The lowest BCUT2D eigenvalue weighted by Gasteiger charge is -2.05. The molecule has 0 fully saturated rings. The van der Waals surface area contributed by atoms with Gasteiger partial charge in [-0.05, 0) is 56.3 Å². The Hall–Kier alpha value is -4.07. The topological polar surface area (TPSA) is 108 Å². The van der Waals surface area contributed by atoms with Crippen LogP contribution >= 0.6 is 0 Å². The highest BCUT2D eigenvalue weighted by Gasteiger charge is 2.09. The smallest absolute Gasteiger partial charge is 0.255 e. The van der Waals surface area contributed by atoms with E-state index in [1.807, 2.05) is 62.4 Å². The van der Waals surface area contributed by atoms with Gasteiger partial charge in [0.05, 0.1) is 0 Å². The summed E-state index contributed by atoms with van der Waals surface area (Å²) in [5.74, 6) is 1.27. The van der Waals surface area contributed by atoms with E-state index in [9.17, 15) is 4.79 Å². The van der Waals surface area contributed by atoms with Gasteiger partial charge in [-0.25, -0.2) is 9.97 Å². The third-order valence-corrected chi connectivity index (χ3v) is 4.14. The van der Waals surface area contributed by atoms with Crippen LogP contribution in [0.25, 0.3) is 11.4 Å². The Morgan fingerprint density at radius 1 is 0.862 bits per heavy atom. The highest BCUT2D eigenvalue weighted by atomic mass is 16.1. The number of anilines is 3. The predicted molar refractivity (Wildman–Crippen MR) is 111 cm³/mol. The van der Waals surface area contributed by atoms with E-state index in [0.29, 0.717) is 29.0 Å². The maximum absolute atomic E-state index is 12.2. The third kappa shape index (κ3) is 4.44. The first-order valence-electron chi connectivity index (χ1n) is 9.05. The van der Waals surface area contributed by atoms with E-state index in [1.54, 1.807) is 12.1 Å². The molecule has 4 rings (SSSR count). The number of carbonyl (C=O) groups is 1. The van der Waals surface area contributed by atoms with Gasteiger partial charge in [-0.2, -0.15) is 4.98 Å². The molecule has 0 radical (unpaired) electrons. The van der Waals surface area contributed by atoms with Gasteiger partial charge in [0, 0.05) is 28.2 Å². The van der Waals surface area contributed by atoms with Crippen LogP contribution in [-0.2, 0) is 0 Å². The minimum absolute atomic E-state index is 0.155. The van der Waals surface area contributed by atoms with E-state index in [1.165, 1.54) is 0 Å². The van der Waals surface area contributed by atoms with E-state index in [4.69, 9.17) is 0 Å². The Labute approximate surface area is 167 Å². The van der Waals surface area contributed by atoms with Crippen LogP contribution in [0.15, 0.2) is 60.7 Å². The van der Waals surface area contributed by atoms with E-state index in [0.717, 1.165) is 17.0 Å². The number of amides is 1. The summed E-state index contributed by atoms with van der Waals surface area (Å²) < 4.78 is 0. The quantitative estimate of drug-likeness (QED) is 0.481. The van der Waals surface area contributed by atoms with Crippen molar-refractivity contribution in [3.8, 4) is 11.4 Å². The Bertz CT molecular complexity index is 1120. The summed E-state index contributed by atoms with van der Waals surface area (Å²) >= 11 is 0. The molecule has 144 valence electrons. The standard InChI is InChI=1S/C21H19N7O/c1-13-12-14(2)23-20(22-13)26-21-25-18(27-28-21)15-8-10-17(11-9-15)24-19(29)16-6-4-3-5-7-16/h3-12H,1-2H3,(H,24,29)(H2,22,23,25,26,27,28). The Morgan fingerprint density at radius 2 is 1.55 bits per heavy atom. The van der Waals surface area contributed by atoms with Gasteiger partial charge in [-0.1, -0.05) is 18.2 Å². The van der Waals surface area contributed by atoms with Crippen LogP contribution in [0.4, 0.5) is 17.6 Å². The summed E-state index contributed by atoms with van der Waals surface area (Å²) in [6.45, 7) is 3.81. The van der Waals surface area contributed by atoms with Gasteiger partial charge >= 0.3 is 0 Å². The lowest BCUT2D eigenvalue weighted by molar-refractivity contribution is 0.102. The normalized spacial score (nSPS) is 10.6. The van der Waals surface area contributed by atoms with E-state index >= 15 is 0 Å². The van der Waals surface area contributed by atoms with Crippen LogP contribution in [0.1, 0.15) is 21.7 Å². The van der Waals surface area contributed by atoms with E-state index in [-0.39, 0.29) is 5.91 Å². The van der Waals surface area contributed by atoms with Crippen molar-refractivity contribution in [1.82, 2.24) is 25.1 Å². The number of nitrogens with one attached hydrogen (secondary N) is 3. The lowest BCUT2D eigenvalue weighted by Crippen LogP contribution is -2.11. The highest BCUT2D eigenvalue weighted by molar-refractivity contribution is 6.04. The van der Waals surface area contributed by atoms with Crippen LogP contribution in [0.3, 0.4) is 0 Å². The lowest BCUT2D eigenvalue weighted by atomic mass is 10.1. The molecule has 2 heterocycles. The number of H-pyrrole nitrogens is 1. The van der Waals surface area contributed by atoms with Gasteiger partial charge in [-0.3, -0.25) is 15.2 Å². The molecule has 0 saturated heterocycles. The zero-order valence-electron chi connectivity index (χ0n) is 16.0. The molecule has 1 amide bonds. The fourth-order valence-electron chi connectivity index (χ4n) is 2.83. The van der Waals surface area contributed by atoms with Gasteiger partial charge in [0.15, 0.2) is 5.82 Å². The zero-order valence-corrected chi connectivity index (χ0v) is 16.0. The predicted octanol–water partition coefficient (Wildman–Crippen LogP) is 3.87. The molecular weight excluding hydrogens is 366 g/mol. The summed E-state index contributed by atoms with van der Waals surface area (Å²) in [7, 11) is 0. The number of aryl methyl sites for hydroxylation is 2. The molecule has 2 aromatic carbocycles. The van der Waals surface area contributed by atoms with Crippen molar-refractivity contribution in [2.45, 2.75) is 13.8 Å². The third-order valence-electron chi connectivity index (χ3n) is 4.14. The van der Waals surface area contributed by atoms with Gasteiger partial charge < -0.3 is 5.32 Å². The molecule has 0 aliphatic carbocycles. The van der Waals surface area contributed by atoms with Crippen LogP contribution in [0.5, 0.6) is 0 Å². The first kappa shape index (κ1) is 18.3. The second-order valence-corrected chi connectivity index (χ2v) is 6.50. The average Bonchev–Trinajstić information content (AvgIpc) is 3.17. The van der Waals surface area contributed by atoms with Gasteiger partial charge in [0.1, 0.15) is 0 Å². The highest BCUT2D eigenvalue weighted by Crippen LogP contribution is 2.20. The Balaban J connectivity index is 1.45. The van der Waals surface area contributed by atoms with Crippen LogP contribution < -0.4 is 10.6 Å². The Kier molecular flexibility index (Phi) is 4.98. The number of hydrogen-bond donors (Lipinski definition) is 3. The van der Waals surface area contributed by atoms with Crippen molar-refractivity contribution < 1.29 is 4.79 Å². The number of hydrogen-bond acceptors (Lipinski definition) is 6. The van der Waals surface area contributed by atoms with Crippen molar-refractivity contribution in [3.05, 3.63) is 77.6 Å². The molecule has 0 bridgehead atoms. The molecule has 0 saturated carbocycles. The summed E-state index contributed by atoms with van der Waals surface area (Å²) in [5, 5.41) is 12.9. The zero-order chi connectivity index (χ0) is 20.2. The summed E-state index contributed by atoms with van der Waals surface area (Å²) in [4.78, 5) is 25.3. The fourth-order valence-corrected chi connectivity index (χ4v) is 2.83. The van der Waals surface area contributed by atoms with Gasteiger partial charge in [-0.15, -0.1) is 5.10 Å². The summed E-state index contributed by atoms with van der Waals surface area (Å²) in [6, 6.07) is 18.3. The molecule has 2 aromatic heterocycles. The largest absolute Gasteiger partial charge is 0.322 e. The molecule has 0 spiro atoms. The molecule has 3 N–H and O–H groups in total. The maximum Gasteiger partial charge on any atom is 0.255 e. The number of benzene rings is 2. The molecule has 29 heavy (non-hydrogen) atoms. The first-order chi connectivity index (χ1) is 14.1. The Morgan fingerprint density at radius 3 is 2.24 bits per heavy atom. The van der Waals surface area contributed by atoms with Gasteiger partial charge in [0.25, 0.3) is 5.91 Å². The van der Waals surface area contributed by atoms with Crippen molar-refractivity contribution in [1.29, 1.82) is 0 Å². The molecular formula is C21H19N7O. The van der Waals surface area contributed by atoms with Crippen LogP contribution in [0.2, 0.25) is 0 Å². The van der Waals surface area contributed by atoms with Crippen molar-refractivity contribution in [3.63, 3.8) is 0 Å². The monoisotopic (exact) mass is 385 g/mol. The summed E-state index contributed by atoms with van der Waals surface area (Å²) in [6.07, 6.45) is 0. The molecule has 8 nitrogen and oxygen atoms in total. The van der Waals surface area contributed by atoms with Crippen LogP contribution in [-0.4, -0.2) is 31.1 Å². The molecule has 8 heteroatoms. The number of nitrogens with zero attached hydrogens (tertiary/aromatic N) is 4.